The zero-order chi connectivity index (χ0) is 20.8. The molecule has 0 spiro atoms. The molecule has 2 aromatic carbocycles. The van der Waals surface area contributed by atoms with Gasteiger partial charge in [0.2, 0.25) is 5.91 Å². The van der Waals surface area contributed by atoms with Gasteiger partial charge in [-0.15, -0.1) is 0 Å². The molecule has 2 fully saturated rings. The molecule has 2 heterocycles. The lowest BCUT2D eigenvalue weighted by atomic mass is 10.0. The number of hydrogen-bond donors (Lipinski definition) is 1. The van der Waals surface area contributed by atoms with E-state index in [1.165, 1.54) is 0 Å². The number of rotatable bonds is 4. The molecule has 0 bridgehead atoms. The average molecular weight is 440 g/mol. The Morgan fingerprint density at radius 1 is 1.07 bits per heavy atom. The van der Waals surface area contributed by atoms with E-state index in [0.717, 1.165) is 66.3 Å². The molecular weight excluding hydrogens is 417 g/mol. The van der Waals surface area contributed by atoms with Crippen molar-refractivity contribution in [3.63, 3.8) is 0 Å². The van der Waals surface area contributed by atoms with Gasteiger partial charge in [-0.05, 0) is 43.9 Å². The first-order chi connectivity index (χ1) is 14.5. The quantitative estimate of drug-likeness (QED) is 0.534. The van der Waals surface area contributed by atoms with Crippen molar-refractivity contribution in [1.82, 2.24) is 14.9 Å². The first kappa shape index (κ1) is 19.7. The number of hydrogen-bond acceptors (Lipinski definition) is 2. The monoisotopic (exact) mass is 439 g/mol. The Morgan fingerprint density at radius 2 is 1.80 bits per heavy atom. The van der Waals surface area contributed by atoms with Crippen molar-refractivity contribution in [2.75, 3.05) is 13.1 Å². The van der Waals surface area contributed by atoms with E-state index in [4.69, 9.17) is 28.2 Å². The van der Waals surface area contributed by atoms with Crippen LogP contribution in [-0.4, -0.2) is 33.9 Å². The number of halogens is 2. The second kappa shape index (κ2) is 7.75. The molecule has 1 N–H and O–H groups in total. The number of aryl methyl sites for hydroxylation is 1. The molecule has 0 radical (unpaired) electrons. The summed E-state index contributed by atoms with van der Waals surface area (Å²) in [5, 5.41) is 1.26. The number of nitrogens with zero attached hydrogens (tertiary/aromatic N) is 2. The van der Waals surface area contributed by atoms with E-state index in [1.54, 1.807) is 6.07 Å². The number of aromatic nitrogens is 2. The zero-order valence-corrected chi connectivity index (χ0v) is 18.3. The minimum Gasteiger partial charge on any atom is -0.342 e. The van der Waals surface area contributed by atoms with Gasteiger partial charge in [-0.2, -0.15) is 0 Å². The highest BCUT2D eigenvalue weighted by Crippen LogP contribution is 2.36. The highest BCUT2D eigenvalue weighted by molar-refractivity contribution is 6.36. The topological polar surface area (TPSA) is 49.0 Å². The predicted octanol–water partition coefficient (Wildman–Crippen LogP) is 6.08. The summed E-state index contributed by atoms with van der Waals surface area (Å²) in [6.07, 6.45) is 3.11. The van der Waals surface area contributed by atoms with Crippen molar-refractivity contribution in [1.29, 1.82) is 0 Å². The van der Waals surface area contributed by atoms with E-state index in [9.17, 15) is 4.79 Å². The van der Waals surface area contributed by atoms with Crippen LogP contribution in [0.5, 0.6) is 0 Å². The van der Waals surface area contributed by atoms with Crippen molar-refractivity contribution in [2.24, 2.45) is 5.92 Å². The number of carbonyl (C=O) groups is 1. The summed E-state index contributed by atoms with van der Waals surface area (Å²) in [6.45, 7) is 3.69. The smallest absolute Gasteiger partial charge is 0.225 e. The molecule has 1 atom stereocenters. The summed E-state index contributed by atoms with van der Waals surface area (Å²) in [4.78, 5) is 22.7. The number of H-pyrrole nitrogens is 1. The maximum atomic E-state index is 12.4. The molecule has 1 unspecified atom stereocenters. The molecule has 6 heteroatoms. The first-order valence-corrected chi connectivity index (χ1v) is 11.2. The van der Waals surface area contributed by atoms with Gasteiger partial charge in [0.1, 0.15) is 5.82 Å². The van der Waals surface area contributed by atoms with Gasteiger partial charge in [-0.25, -0.2) is 4.98 Å². The van der Waals surface area contributed by atoms with Crippen LogP contribution in [0.4, 0.5) is 0 Å². The molecule has 1 saturated carbocycles. The van der Waals surface area contributed by atoms with E-state index in [0.29, 0.717) is 21.9 Å². The van der Waals surface area contributed by atoms with Gasteiger partial charge in [-0.1, -0.05) is 53.5 Å². The lowest BCUT2D eigenvalue weighted by Crippen LogP contribution is -2.29. The second-order valence-corrected chi connectivity index (χ2v) is 9.17. The Labute approximate surface area is 186 Å². The Morgan fingerprint density at radius 3 is 2.50 bits per heavy atom. The Hall–Kier alpha value is -2.30. The van der Waals surface area contributed by atoms with Gasteiger partial charge in [0, 0.05) is 51.8 Å². The molecule has 1 aromatic heterocycles. The second-order valence-electron chi connectivity index (χ2n) is 8.33. The van der Waals surface area contributed by atoms with Gasteiger partial charge in [-0.3, -0.25) is 4.79 Å². The highest BCUT2D eigenvalue weighted by Gasteiger charge is 2.37. The van der Waals surface area contributed by atoms with Gasteiger partial charge in [0.25, 0.3) is 0 Å². The number of likely N-dealkylation sites (tertiary alicyclic amines) is 1. The van der Waals surface area contributed by atoms with Crippen molar-refractivity contribution >= 4 is 29.1 Å². The Bertz CT molecular complexity index is 1100. The molecule has 1 aliphatic carbocycles. The number of aromatic amines is 1. The van der Waals surface area contributed by atoms with E-state index >= 15 is 0 Å². The van der Waals surface area contributed by atoms with Gasteiger partial charge < -0.3 is 9.88 Å². The van der Waals surface area contributed by atoms with Gasteiger partial charge >= 0.3 is 0 Å². The third-order valence-corrected chi connectivity index (χ3v) is 6.71. The normalized spacial score (nSPS) is 18.8. The Kier molecular flexibility index (Phi) is 5.08. The van der Waals surface area contributed by atoms with Crippen LogP contribution >= 0.6 is 23.2 Å². The van der Waals surface area contributed by atoms with Crippen LogP contribution < -0.4 is 0 Å². The van der Waals surface area contributed by atoms with Crippen LogP contribution in [0.25, 0.3) is 22.5 Å². The molecule has 4 nitrogen and oxygen atoms in total. The molecule has 1 aliphatic heterocycles. The summed E-state index contributed by atoms with van der Waals surface area (Å²) in [6, 6.07) is 13.7. The molecule has 1 amide bonds. The summed E-state index contributed by atoms with van der Waals surface area (Å²) in [7, 11) is 0. The lowest BCUT2D eigenvalue weighted by molar-refractivity contribution is -0.131. The van der Waals surface area contributed by atoms with Crippen LogP contribution in [-0.2, 0) is 4.79 Å². The summed E-state index contributed by atoms with van der Waals surface area (Å²) >= 11 is 12.4. The number of nitrogens with one attached hydrogen (secondary N) is 1. The van der Waals surface area contributed by atoms with Crippen LogP contribution in [0.1, 0.15) is 36.6 Å². The Balaban J connectivity index is 1.35. The molecular formula is C24H23Cl2N3O. The minimum atomic E-state index is 0.287. The summed E-state index contributed by atoms with van der Waals surface area (Å²) < 4.78 is 0. The van der Waals surface area contributed by atoms with Crippen LogP contribution in [0.2, 0.25) is 10.0 Å². The lowest BCUT2D eigenvalue weighted by Gasteiger charge is -2.16. The number of imidazole rings is 1. The largest absolute Gasteiger partial charge is 0.342 e. The van der Waals surface area contributed by atoms with Crippen molar-refractivity contribution in [3.8, 4) is 22.5 Å². The van der Waals surface area contributed by atoms with Crippen molar-refractivity contribution in [2.45, 2.75) is 32.1 Å². The van der Waals surface area contributed by atoms with Crippen LogP contribution in [0.3, 0.4) is 0 Å². The number of carbonyl (C=O) groups excluding carboxylic acids is 1. The fourth-order valence-electron chi connectivity index (χ4n) is 4.32. The highest BCUT2D eigenvalue weighted by atomic mass is 35.5. The maximum absolute atomic E-state index is 12.4. The van der Waals surface area contributed by atoms with E-state index in [-0.39, 0.29) is 5.92 Å². The number of amides is 1. The van der Waals surface area contributed by atoms with Crippen LogP contribution in [0, 0.1) is 12.8 Å². The molecule has 5 rings (SSSR count). The van der Waals surface area contributed by atoms with Crippen molar-refractivity contribution < 1.29 is 4.79 Å². The average Bonchev–Trinajstić information content (AvgIpc) is 3.34. The standard InChI is InChI=1S/C24H23Cl2N3O/c1-14-22(18-10-11-29(13-18)24(30)17-6-7-17)28-23(27-14)16-4-2-15(3-5-16)20-9-8-19(25)12-21(20)26/h2-5,8-9,12,17-18H,6-7,10-11,13H2,1H3,(H,27,28). The molecule has 154 valence electrons. The first-order valence-electron chi connectivity index (χ1n) is 10.4. The third kappa shape index (κ3) is 3.75. The van der Waals surface area contributed by atoms with Crippen molar-refractivity contribution in [3.05, 3.63) is 63.9 Å². The maximum Gasteiger partial charge on any atom is 0.225 e. The summed E-state index contributed by atoms with van der Waals surface area (Å²) in [5.41, 5.74) is 5.19. The molecule has 3 aromatic rings. The van der Waals surface area contributed by atoms with Crippen LogP contribution in [0.15, 0.2) is 42.5 Å². The minimum absolute atomic E-state index is 0.287. The van der Waals surface area contributed by atoms with E-state index in [2.05, 4.69) is 17.1 Å². The van der Waals surface area contributed by atoms with Gasteiger partial charge in [0.15, 0.2) is 0 Å². The molecule has 1 saturated heterocycles. The van der Waals surface area contributed by atoms with E-state index < -0.39 is 0 Å². The van der Waals surface area contributed by atoms with Gasteiger partial charge in [0.05, 0.1) is 5.69 Å². The summed E-state index contributed by atoms with van der Waals surface area (Å²) in [5.74, 6) is 1.82. The SMILES string of the molecule is Cc1nc(-c2ccc(-c3ccc(Cl)cc3Cl)cc2)[nH]c1C1CCN(C(=O)C2CC2)C1. The molecule has 30 heavy (non-hydrogen) atoms. The van der Waals surface area contributed by atoms with E-state index in [1.807, 2.05) is 36.1 Å². The fourth-order valence-corrected chi connectivity index (χ4v) is 4.84. The predicted molar refractivity (Wildman–Crippen MR) is 121 cm³/mol. The number of benzene rings is 2. The third-order valence-electron chi connectivity index (χ3n) is 6.16. The molecule has 2 aliphatic rings. The fraction of sp³-hybridized carbons (Fsp3) is 0.333. The zero-order valence-electron chi connectivity index (χ0n) is 16.8.